The molecule has 0 aliphatic carbocycles. The van der Waals surface area contributed by atoms with E-state index in [-0.39, 0.29) is 18.5 Å². The fourth-order valence-electron chi connectivity index (χ4n) is 1.91. The van der Waals surface area contributed by atoms with Crippen LogP contribution in [0.4, 0.5) is 10.5 Å². The maximum absolute atomic E-state index is 12.0. The Hall–Kier alpha value is -2.08. The Balaban J connectivity index is 1.97. The van der Waals surface area contributed by atoms with E-state index in [0.29, 0.717) is 25.3 Å². The Morgan fingerprint density at radius 1 is 1.37 bits per heavy atom. The predicted molar refractivity (Wildman–Crippen MR) is 72.6 cm³/mol. The van der Waals surface area contributed by atoms with Crippen LogP contribution in [-0.2, 0) is 11.3 Å². The zero-order chi connectivity index (χ0) is 13.7. The molecule has 102 valence electrons. The van der Waals surface area contributed by atoms with E-state index >= 15 is 0 Å². The number of amides is 3. The quantitative estimate of drug-likeness (QED) is 0.725. The van der Waals surface area contributed by atoms with Gasteiger partial charge in [-0.3, -0.25) is 4.79 Å². The van der Waals surface area contributed by atoms with E-state index < -0.39 is 0 Å². The van der Waals surface area contributed by atoms with Crippen molar-refractivity contribution >= 4 is 17.6 Å². The number of carbonyl (C=O) groups excluding carboxylic acids is 2. The van der Waals surface area contributed by atoms with Crippen LogP contribution in [-0.4, -0.2) is 36.5 Å². The molecule has 1 aliphatic rings. The van der Waals surface area contributed by atoms with Crippen LogP contribution in [0.3, 0.4) is 0 Å². The van der Waals surface area contributed by atoms with Gasteiger partial charge in [0.15, 0.2) is 0 Å². The molecule has 0 atom stereocenters. The van der Waals surface area contributed by atoms with Gasteiger partial charge in [-0.15, -0.1) is 0 Å². The molecule has 0 aromatic heterocycles. The van der Waals surface area contributed by atoms with Gasteiger partial charge in [0, 0.05) is 25.3 Å². The van der Waals surface area contributed by atoms with Crippen LogP contribution in [0.2, 0.25) is 0 Å². The summed E-state index contributed by atoms with van der Waals surface area (Å²) in [4.78, 5) is 24.9. The van der Waals surface area contributed by atoms with E-state index in [4.69, 9.17) is 5.73 Å². The fourth-order valence-corrected chi connectivity index (χ4v) is 1.91. The van der Waals surface area contributed by atoms with E-state index in [0.717, 1.165) is 12.0 Å². The van der Waals surface area contributed by atoms with E-state index in [1.165, 1.54) is 4.90 Å². The van der Waals surface area contributed by atoms with Crippen molar-refractivity contribution in [1.29, 1.82) is 0 Å². The minimum absolute atomic E-state index is 0.104. The Morgan fingerprint density at radius 3 is 2.79 bits per heavy atom. The molecule has 1 saturated heterocycles. The highest BCUT2D eigenvalue weighted by Crippen LogP contribution is 2.10. The Kier molecular flexibility index (Phi) is 4.35. The molecule has 2 rings (SSSR count). The average molecular weight is 262 g/mol. The topological polar surface area (TPSA) is 87.5 Å². The first kappa shape index (κ1) is 13.4. The smallest absolute Gasteiger partial charge is 0.322 e. The van der Waals surface area contributed by atoms with Crippen LogP contribution >= 0.6 is 0 Å². The van der Waals surface area contributed by atoms with Gasteiger partial charge in [-0.1, -0.05) is 12.1 Å². The average Bonchev–Trinajstić information content (AvgIpc) is 2.64. The summed E-state index contributed by atoms with van der Waals surface area (Å²) in [6.45, 7) is 1.77. The van der Waals surface area contributed by atoms with Gasteiger partial charge in [0.2, 0.25) is 5.91 Å². The summed E-state index contributed by atoms with van der Waals surface area (Å²) in [5.74, 6) is -0.119. The van der Waals surface area contributed by atoms with Gasteiger partial charge in [0.05, 0.1) is 0 Å². The summed E-state index contributed by atoms with van der Waals surface area (Å²) in [5, 5.41) is 5.51. The molecule has 1 heterocycles. The summed E-state index contributed by atoms with van der Waals surface area (Å²) in [7, 11) is 0. The van der Waals surface area contributed by atoms with E-state index in [1.807, 2.05) is 12.1 Å². The highest BCUT2D eigenvalue weighted by atomic mass is 16.2. The lowest BCUT2D eigenvalue weighted by Crippen LogP contribution is -2.39. The maximum Gasteiger partial charge on any atom is 0.322 e. The molecular formula is C13H18N4O2. The number of hydrogen-bond acceptors (Lipinski definition) is 3. The van der Waals surface area contributed by atoms with Gasteiger partial charge in [-0.05, 0) is 24.1 Å². The third kappa shape index (κ3) is 3.69. The molecule has 0 saturated carbocycles. The van der Waals surface area contributed by atoms with E-state index in [9.17, 15) is 9.59 Å². The molecule has 1 aromatic rings. The highest BCUT2D eigenvalue weighted by molar-refractivity contribution is 5.92. The molecule has 1 aromatic carbocycles. The number of nitrogens with zero attached hydrogens (tertiary/aromatic N) is 1. The van der Waals surface area contributed by atoms with E-state index in [2.05, 4.69) is 10.6 Å². The highest BCUT2D eigenvalue weighted by Gasteiger charge is 2.19. The molecule has 19 heavy (non-hydrogen) atoms. The third-order valence-electron chi connectivity index (χ3n) is 2.99. The van der Waals surface area contributed by atoms with Crippen molar-refractivity contribution < 1.29 is 9.59 Å². The van der Waals surface area contributed by atoms with Crippen molar-refractivity contribution in [2.75, 3.05) is 25.0 Å². The van der Waals surface area contributed by atoms with Crippen molar-refractivity contribution in [3.8, 4) is 0 Å². The number of urea groups is 1. The number of nitrogens with two attached hydrogens (primary N) is 1. The lowest BCUT2D eigenvalue weighted by Gasteiger charge is -2.19. The number of carbonyl (C=O) groups is 2. The normalized spacial score (nSPS) is 15.6. The molecule has 6 nitrogen and oxygen atoms in total. The molecule has 0 spiro atoms. The molecule has 1 aliphatic heterocycles. The summed E-state index contributed by atoms with van der Waals surface area (Å²) >= 11 is 0. The second kappa shape index (κ2) is 6.19. The number of anilines is 1. The minimum Gasteiger partial charge on any atom is -0.354 e. The summed E-state index contributed by atoms with van der Waals surface area (Å²) in [6, 6.07) is 7.09. The van der Waals surface area contributed by atoms with Crippen LogP contribution < -0.4 is 16.4 Å². The Labute approximate surface area is 112 Å². The molecule has 1 fully saturated rings. The summed E-state index contributed by atoms with van der Waals surface area (Å²) in [5.41, 5.74) is 7.22. The van der Waals surface area contributed by atoms with Gasteiger partial charge >= 0.3 is 6.03 Å². The Bertz CT molecular complexity index is 458. The first-order chi connectivity index (χ1) is 9.19. The minimum atomic E-state index is -0.252. The monoisotopic (exact) mass is 262 g/mol. The second-order valence-electron chi connectivity index (χ2n) is 4.46. The first-order valence-electron chi connectivity index (χ1n) is 6.30. The van der Waals surface area contributed by atoms with Crippen LogP contribution in [0.25, 0.3) is 0 Å². The largest absolute Gasteiger partial charge is 0.354 e. The summed E-state index contributed by atoms with van der Waals surface area (Å²) in [6.07, 6.45) is 0.769. The van der Waals surface area contributed by atoms with Crippen LogP contribution in [0.5, 0.6) is 0 Å². The first-order valence-corrected chi connectivity index (χ1v) is 6.30. The molecular weight excluding hydrogens is 244 g/mol. The van der Waals surface area contributed by atoms with Crippen LogP contribution in [0, 0.1) is 0 Å². The van der Waals surface area contributed by atoms with Crippen LogP contribution in [0.15, 0.2) is 24.3 Å². The third-order valence-corrected chi connectivity index (χ3v) is 2.99. The maximum atomic E-state index is 12.0. The van der Waals surface area contributed by atoms with Crippen molar-refractivity contribution in [2.24, 2.45) is 5.73 Å². The van der Waals surface area contributed by atoms with Crippen molar-refractivity contribution in [3.63, 3.8) is 0 Å². The predicted octanol–water partition coefficient (Wildman–Crippen LogP) is 0.499. The van der Waals surface area contributed by atoms with Crippen molar-refractivity contribution in [3.05, 3.63) is 29.8 Å². The number of nitrogens with one attached hydrogen (secondary N) is 2. The number of rotatable bonds is 2. The van der Waals surface area contributed by atoms with Gasteiger partial charge in [0.25, 0.3) is 0 Å². The van der Waals surface area contributed by atoms with Gasteiger partial charge < -0.3 is 21.3 Å². The molecule has 0 bridgehead atoms. The molecule has 6 heteroatoms. The molecule has 4 N–H and O–H groups in total. The summed E-state index contributed by atoms with van der Waals surface area (Å²) < 4.78 is 0. The standard InChI is InChI=1S/C13H18N4O2/c14-8-10-2-4-11(5-3-10)16-13(19)17-7-1-6-15-12(18)9-17/h2-5H,1,6-9,14H2,(H,15,18)(H,16,19). The number of hydrogen-bond donors (Lipinski definition) is 3. The number of benzene rings is 1. The lowest BCUT2D eigenvalue weighted by atomic mass is 10.2. The van der Waals surface area contributed by atoms with Crippen molar-refractivity contribution in [2.45, 2.75) is 13.0 Å². The van der Waals surface area contributed by atoms with Gasteiger partial charge in [-0.25, -0.2) is 4.79 Å². The lowest BCUT2D eigenvalue weighted by molar-refractivity contribution is -0.120. The van der Waals surface area contributed by atoms with Gasteiger partial charge in [0.1, 0.15) is 6.54 Å². The van der Waals surface area contributed by atoms with Gasteiger partial charge in [-0.2, -0.15) is 0 Å². The zero-order valence-electron chi connectivity index (χ0n) is 10.7. The fraction of sp³-hybridized carbons (Fsp3) is 0.385. The molecule has 3 amide bonds. The van der Waals surface area contributed by atoms with Crippen LogP contribution in [0.1, 0.15) is 12.0 Å². The van der Waals surface area contributed by atoms with Crippen molar-refractivity contribution in [1.82, 2.24) is 10.2 Å². The second-order valence-corrected chi connectivity index (χ2v) is 4.46. The van der Waals surface area contributed by atoms with E-state index in [1.54, 1.807) is 12.1 Å². The Morgan fingerprint density at radius 2 is 2.11 bits per heavy atom. The SMILES string of the molecule is NCc1ccc(NC(=O)N2CCCNC(=O)C2)cc1. The molecule has 0 radical (unpaired) electrons. The zero-order valence-corrected chi connectivity index (χ0v) is 10.7. The molecule has 0 unspecified atom stereocenters.